The van der Waals surface area contributed by atoms with E-state index in [1.807, 2.05) is 6.92 Å². The van der Waals surface area contributed by atoms with Gasteiger partial charge in [-0.05, 0) is 67.5 Å². The molecule has 0 aliphatic rings. The molecule has 2 heteroatoms. The van der Waals surface area contributed by atoms with Crippen LogP contribution in [0.15, 0.2) is 60.7 Å². The Hall–Kier alpha value is -2.87. The molecular formula is C26H28O2. The third-order valence-electron chi connectivity index (χ3n) is 5.03. The van der Waals surface area contributed by atoms with Crippen LogP contribution in [0.3, 0.4) is 0 Å². The first-order valence-corrected chi connectivity index (χ1v) is 9.91. The van der Waals surface area contributed by atoms with Crippen molar-refractivity contribution < 1.29 is 9.53 Å². The van der Waals surface area contributed by atoms with E-state index in [9.17, 15) is 4.79 Å². The van der Waals surface area contributed by atoms with Gasteiger partial charge in [-0.1, -0.05) is 71.8 Å². The van der Waals surface area contributed by atoms with E-state index in [2.05, 4.69) is 81.4 Å². The Balaban J connectivity index is 1.93. The summed E-state index contributed by atoms with van der Waals surface area (Å²) >= 11 is 0. The third kappa shape index (κ3) is 4.69. The highest BCUT2D eigenvalue weighted by Gasteiger charge is 2.11. The predicted octanol–water partition coefficient (Wildman–Crippen LogP) is 6.44. The zero-order valence-electron chi connectivity index (χ0n) is 17.2. The van der Waals surface area contributed by atoms with Crippen LogP contribution < -0.4 is 0 Å². The number of carbonyl (C=O) groups excluding carboxylic acids is 1. The maximum Gasteiger partial charge on any atom is 0.306 e. The molecule has 3 aromatic rings. The van der Waals surface area contributed by atoms with Gasteiger partial charge in [0.1, 0.15) is 0 Å². The number of hydrogen-bond donors (Lipinski definition) is 0. The number of benzene rings is 3. The van der Waals surface area contributed by atoms with E-state index in [-0.39, 0.29) is 5.97 Å². The van der Waals surface area contributed by atoms with Crippen molar-refractivity contribution in [3.8, 4) is 22.3 Å². The van der Waals surface area contributed by atoms with Gasteiger partial charge in [-0.25, -0.2) is 0 Å². The first-order chi connectivity index (χ1) is 13.5. The van der Waals surface area contributed by atoms with E-state index in [1.165, 1.54) is 44.5 Å². The number of ether oxygens (including phenoxy) is 1. The number of carbonyl (C=O) groups is 1. The molecule has 0 spiro atoms. The Morgan fingerprint density at radius 2 is 1.54 bits per heavy atom. The summed E-state index contributed by atoms with van der Waals surface area (Å²) < 4.78 is 5.09. The van der Waals surface area contributed by atoms with Gasteiger partial charge in [-0.2, -0.15) is 0 Å². The third-order valence-corrected chi connectivity index (χ3v) is 5.03. The standard InChI is InChI=1S/C26H28O2/c1-5-28-26(27)14-11-22-16-19(3)9-12-25(22)23-10-13-24(20(4)17-23)21-8-6-7-18(2)15-21/h6-10,12-13,15-17H,5,11,14H2,1-4H3. The summed E-state index contributed by atoms with van der Waals surface area (Å²) in [6, 6.07) is 21.7. The van der Waals surface area contributed by atoms with Gasteiger partial charge in [-0.15, -0.1) is 0 Å². The maximum atomic E-state index is 11.8. The van der Waals surface area contributed by atoms with Gasteiger partial charge < -0.3 is 4.74 Å². The van der Waals surface area contributed by atoms with Crippen molar-refractivity contribution in [3.63, 3.8) is 0 Å². The van der Waals surface area contributed by atoms with Gasteiger partial charge in [0.05, 0.1) is 6.61 Å². The molecule has 0 atom stereocenters. The molecule has 0 N–H and O–H groups in total. The van der Waals surface area contributed by atoms with Crippen molar-refractivity contribution in [1.82, 2.24) is 0 Å². The summed E-state index contributed by atoms with van der Waals surface area (Å²) in [7, 11) is 0. The van der Waals surface area contributed by atoms with Crippen LogP contribution in [-0.4, -0.2) is 12.6 Å². The number of rotatable bonds is 6. The fourth-order valence-corrected chi connectivity index (χ4v) is 3.65. The van der Waals surface area contributed by atoms with Crippen LogP contribution in [0.4, 0.5) is 0 Å². The van der Waals surface area contributed by atoms with Crippen LogP contribution in [0.2, 0.25) is 0 Å². The van der Waals surface area contributed by atoms with Crippen molar-refractivity contribution in [3.05, 3.63) is 82.9 Å². The molecule has 0 aliphatic heterocycles. The first-order valence-electron chi connectivity index (χ1n) is 9.91. The Kier molecular flexibility index (Phi) is 6.30. The van der Waals surface area contributed by atoms with Gasteiger partial charge in [0.15, 0.2) is 0 Å². The van der Waals surface area contributed by atoms with Crippen molar-refractivity contribution in [2.75, 3.05) is 6.61 Å². The molecule has 0 fully saturated rings. The summed E-state index contributed by atoms with van der Waals surface area (Å²) in [5.41, 5.74) is 9.79. The Labute approximate surface area is 168 Å². The second-order valence-corrected chi connectivity index (χ2v) is 7.36. The summed E-state index contributed by atoms with van der Waals surface area (Å²) in [5, 5.41) is 0. The number of esters is 1. The molecule has 0 heterocycles. The number of aryl methyl sites for hydroxylation is 4. The average molecular weight is 373 g/mol. The van der Waals surface area contributed by atoms with Gasteiger partial charge in [0.25, 0.3) is 0 Å². The fraction of sp³-hybridized carbons (Fsp3) is 0.269. The van der Waals surface area contributed by atoms with Crippen LogP contribution in [-0.2, 0) is 16.0 Å². The molecule has 0 aromatic heterocycles. The second kappa shape index (κ2) is 8.88. The quantitative estimate of drug-likeness (QED) is 0.465. The molecule has 3 aromatic carbocycles. The molecule has 2 nitrogen and oxygen atoms in total. The van der Waals surface area contributed by atoms with E-state index < -0.39 is 0 Å². The lowest BCUT2D eigenvalue weighted by Gasteiger charge is -2.14. The summed E-state index contributed by atoms with van der Waals surface area (Å²) in [6.45, 7) is 8.64. The molecule has 0 bridgehead atoms. The smallest absolute Gasteiger partial charge is 0.306 e. The molecule has 0 amide bonds. The molecule has 3 rings (SSSR count). The van der Waals surface area contributed by atoms with Gasteiger partial charge >= 0.3 is 5.97 Å². The van der Waals surface area contributed by atoms with E-state index in [1.54, 1.807) is 0 Å². The van der Waals surface area contributed by atoms with Gasteiger partial charge in [0, 0.05) is 6.42 Å². The molecule has 0 radical (unpaired) electrons. The predicted molar refractivity (Wildman–Crippen MR) is 116 cm³/mol. The minimum Gasteiger partial charge on any atom is -0.466 e. The SMILES string of the molecule is CCOC(=O)CCc1cc(C)ccc1-c1ccc(-c2cccc(C)c2)c(C)c1. The lowest BCUT2D eigenvalue weighted by molar-refractivity contribution is -0.143. The topological polar surface area (TPSA) is 26.3 Å². The van der Waals surface area contributed by atoms with E-state index in [0.29, 0.717) is 19.4 Å². The zero-order valence-corrected chi connectivity index (χ0v) is 17.2. The van der Waals surface area contributed by atoms with Crippen LogP contribution in [0.25, 0.3) is 22.3 Å². The maximum absolute atomic E-state index is 11.8. The molecule has 28 heavy (non-hydrogen) atoms. The fourth-order valence-electron chi connectivity index (χ4n) is 3.65. The molecular weight excluding hydrogens is 344 g/mol. The largest absolute Gasteiger partial charge is 0.466 e. The summed E-state index contributed by atoms with van der Waals surface area (Å²) in [6.07, 6.45) is 1.10. The van der Waals surface area contributed by atoms with Crippen LogP contribution >= 0.6 is 0 Å². The van der Waals surface area contributed by atoms with Crippen LogP contribution in [0.5, 0.6) is 0 Å². The van der Waals surface area contributed by atoms with Crippen molar-refractivity contribution in [2.24, 2.45) is 0 Å². The monoisotopic (exact) mass is 372 g/mol. The van der Waals surface area contributed by atoms with Gasteiger partial charge in [-0.3, -0.25) is 4.79 Å². The van der Waals surface area contributed by atoms with E-state index in [4.69, 9.17) is 4.74 Å². The number of hydrogen-bond acceptors (Lipinski definition) is 2. The second-order valence-electron chi connectivity index (χ2n) is 7.36. The Morgan fingerprint density at radius 3 is 2.25 bits per heavy atom. The van der Waals surface area contributed by atoms with Crippen molar-refractivity contribution in [2.45, 2.75) is 40.5 Å². The van der Waals surface area contributed by atoms with Crippen LogP contribution in [0.1, 0.15) is 35.6 Å². The highest BCUT2D eigenvalue weighted by atomic mass is 16.5. The van der Waals surface area contributed by atoms with Crippen molar-refractivity contribution in [1.29, 1.82) is 0 Å². The lowest BCUT2D eigenvalue weighted by atomic mass is 9.91. The molecule has 144 valence electrons. The molecule has 0 saturated carbocycles. The minimum absolute atomic E-state index is 0.138. The Morgan fingerprint density at radius 1 is 0.821 bits per heavy atom. The summed E-state index contributed by atoms with van der Waals surface area (Å²) in [5.74, 6) is -0.138. The normalized spacial score (nSPS) is 10.7. The summed E-state index contributed by atoms with van der Waals surface area (Å²) in [4.78, 5) is 11.8. The Bertz CT molecular complexity index is 985. The van der Waals surface area contributed by atoms with Crippen molar-refractivity contribution >= 4 is 5.97 Å². The lowest BCUT2D eigenvalue weighted by Crippen LogP contribution is -2.06. The highest BCUT2D eigenvalue weighted by molar-refractivity contribution is 5.76. The average Bonchev–Trinajstić information content (AvgIpc) is 2.66. The highest BCUT2D eigenvalue weighted by Crippen LogP contribution is 2.31. The van der Waals surface area contributed by atoms with Gasteiger partial charge in [0.2, 0.25) is 0 Å². The molecule has 0 unspecified atom stereocenters. The molecule has 0 saturated heterocycles. The van der Waals surface area contributed by atoms with E-state index >= 15 is 0 Å². The van der Waals surface area contributed by atoms with Crippen LogP contribution in [0, 0.1) is 20.8 Å². The molecule has 0 aliphatic carbocycles. The van der Waals surface area contributed by atoms with E-state index in [0.717, 1.165) is 0 Å². The zero-order chi connectivity index (χ0) is 20.1. The first kappa shape index (κ1) is 19.9. The minimum atomic E-state index is -0.138.